The molecule has 0 atom stereocenters. The van der Waals surface area contributed by atoms with Crippen LogP contribution in [0.4, 0.5) is 0 Å². The number of aromatic nitrogens is 12. The molecule has 0 amide bonds. The van der Waals surface area contributed by atoms with Gasteiger partial charge in [-0.3, -0.25) is 17.8 Å². The molecule has 127 heavy (non-hydrogen) atoms. The van der Waals surface area contributed by atoms with Crippen LogP contribution in [-0.4, -0.2) is 57.6 Å². The van der Waals surface area contributed by atoms with Gasteiger partial charge in [-0.15, -0.1) is 0 Å². The fourth-order valence-corrected chi connectivity index (χ4v) is 20.0. The van der Waals surface area contributed by atoms with Gasteiger partial charge in [0.1, 0.15) is 22.8 Å². The SMILES string of the molecule is CC1(C)c2ccccc2-c2ccc(-c3ccc4c5nc6ccccc6cc5c5nc6ccccc6n5c4c3)cc21.c1cc(-c2ccc3ccccc3c2)nc(-c2ccc3c4nc5ccccc5cc4c4nc5ccccc5n4c3c2)c1.c1ccc(-n2c(-c3ccc(-c4ccc5c6nc7ccccc7cc6c6nc7ccccc7n6c5c4)cc3)nc3ccccc32)cc1. The molecule has 0 radical (unpaired) electrons. The van der Waals surface area contributed by atoms with Crippen molar-refractivity contribution in [3.63, 3.8) is 0 Å². The summed E-state index contributed by atoms with van der Waals surface area (Å²) in [5.74, 6) is 0.925. The lowest BCUT2D eigenvalue weighted by molar-refractivity contribution is 0.660. The highest BCUT2D eigenvalue weighted by molar-refractivity contribution is 6.19. The van der Waals surface area contributed by atoms with Crippen LogP contribution in [0.15, 0.2) is 400 Å². The van der Waals surface area contributed by atoms with Crippen LogP contribution in [0, 0.1) is 0 Å². The Morgan fingerprint density at radius 3 is 1.10 bits per heavy atom. The molecular weight excluding hydrogens is 1550 g/mol. The van der Waals surface area contributed by atoms with Gasteiger partial charge in [0, 0.05) is 76.3 Å². The van der Waals surface area contributed by atoms with Crippen LogP contribution >= 0.6 is 0 Å². The highest BCUT2D eigenvalue weighted by Gasteiger charge is 2.36. The number of hydrogen-bond acceptors (Lipinski definition) is 8. The molecule has 11 aromatic heterocycles. The van der Waals surface area contributed by atoms with Gasteiger partial charge in [0.25, 0.3) is 0 Å². The van der Waals surface area contributed by atoms with Crippen molar-refractivity contribution in [1.82, 2.24) is 57.6 Å². The molecule has 16 aromatic carbocycles. The molecule has 0 bridgehead atoms. The number of para-hydroxylation sites is 12. The van der Waals surface area contributed by atoms with E-state index < -0.39 is 0 Å². The molecule has 12 heteroatoms. The second-order valence-corrected chi connectivity index (χ2v) is 33.8. The van der Waals surface area contributed by atoms with Gasteiger partial charge in [0.15, 0.2) is 0 Å². The molecule has 1 aliphatic rings. The monoisotopic (exact) mass is 1620 g/mol. The predicted octanol–water partition coefficient (Wildman–Crippen LogP) is 28.6. The largest absolute Gasteiger partial charge is 0.292 e. The van der Waals surface area contributed by atoms with Crippen LogP contribution in [0.3, 0.4) is 0 Å². The number of nitrogens with zero attached hydrogens (tertiary/aromatic N) is 12. The minimum Gasteiger partial charge on any atom is -0.292 e. The van der Waals surface area contributed by atoms with Crippen LogP contribution in [-0.2, 0) is 5.41 Å². The van der Waals surface area contributed by atoms with Gasteiger partial charge in [0.05, 0.1) is 105 Å². The summed E-state index contributed by atoms with van der Waals surface area (Å²) >= 11 is 0. The number of pyridine rings is 7. The molecule has 27 aromatic rings. The minimum absolute atomic E-state index is 0.0339. The first-order chi connectivity index (χ1) is 62.7. The average molecular weight is 1620 g/mol. The van der Waals surface area contributed by atoms with Gasteiger partial charge in [-0.05, 0) is 201 Å². The van der Waals surface area contributed by atoms with Crippen molar-refractivity contribution in [2.45, 2.75) is 19.3 Å². The third-order valence-electron chi connectivity index (χ3n) is 26.1. The van der Waals surface area contributed by atoms with E-state index in [1.165, 1.54) is 44.2 Å². The van der Waals surface area contributed by atoms with Gasteiger partial charge in [-0.2, -0.15) is 0 Å². The third-order valence-corrected chi connectivity index (χ3v) is 26.1. The van der Waals surface area contributed by atoms with Crippen molar-refractivity contribution in [1.29, 1.82) is 0 Å². The third kappa shape index (κ3) is 11.4. The van der Waals surface area contributed by atoms with Crippen molar-refractivity contribution in [2.75, 3.05) is 0 Å². The summed E-state index contributed by atoms with van der Waals surface area (Å²) in [6.45, 7) is 4.68. The fraction of sp³-hybridized carbons (Fsp3) is 0.0261. The summed E-state index contributed by atoms with van der Waals surface area (Å²) in [7, 11) is 0. The lowest BCUT2D eigenvalue weighted by atomic mass is 9.81. The van der Waals surface area contributed by atoms with Crippen molar-refractivity contribution in [2.24, 2.45) is 0 Å². The Kier molecular flexibility index (Phi) is 15.8. The van der Waals surface area contributed by atoms with E-state index in [0.717, 1.165) is 210 Å². The maximum absolute atomic E-state index is 5.16. The Balaban J connectivity index is 0.000000101. The van der Waals surface area contributed by atoms with E-state index in [-0.39, 0.29) is 5.41 Å². The van der Waals surface area contributed by atoms with E-state index in [4.69, 9.17) is 39.9 Å². The zero-order valence-corrected chi connectivity index (χ0v) is 69.0. The first-order valence-electron chi connectivity index (χ1n) is 43.1. The molecular formula is C115H72N12. The van der Waals surface area contributed by atoms with Crippen LogP contribution in [0.2, 0.25) is 0 Å². The van der Waals surface area contributed by atoms with E-state index >= 15 is 0 Å². The molecule has 11 heterocycles. The standard InChI is InChI=1S/C41H25N5.C37H22N4.C37H25N3/c1-2-11-30(12-3-1)45-36-16-8-6-14-34(36)43-40(45)27-20-18-26(19-21-27)28-22-23-31-38(25-28)46-37-17-9-7-15-35(37)44-41(46)32-24-29-10-4-5-13-33(29)42-39(31)32;1-2-9-24-20-26(17-16-23(24)8-1)30-13-7-14-31(38-30)27-18-19-28-35(22-27)41-34-15-6-5-12-33(34)40-37(41)29-21-25-10-3-4-11-32(25)39-36(28)29;1-37(2)29-11-5-4-10-25(29)26-17-15-22(20-30(26)37)23-16-18-27-34(21-23)40-33-14-8-7-13-32(33)39-36(40)28-19-24-9-3-6-12-31(24)38-35(27)28/h1-25H;1-22H;3-21H,1-2H3. The molecule has 0 spiro atoms. The van der Waals surface area contributed by atoms with Crippen LogP contribution in [0.1, 0.15) is 25.0 Å². The Bertz CT molecular complexity index is 9340. The minimum atomic E-state index is -0.0339. The molecule has 12 nitrogen and oxygen atoms in total. The molecule has 0 aliphatic heterocycles. The first-order valence-corrected chi connectivity index (χ1v) is 43.1. The summed E-state index contributed by atoms with van der Waals surface area (Å²) < 4.78 is 9.13. The lowest BCUT2D eigenvalue weighted by Crippen LogP contribution is -2.14. The van der Waals surface area contributed by atoms with Gasteiger partial charge in [-0.25, -0.2) is 39.9 Å². The predicted molar refractivity (Wildman–Crippen MR) is 524 cm³/mol. The average Bonchev–Trinajstić information content (AvgIpc) is 1.65. The molecule has 1 aliphatic carbocycles. The molecule has 0 saturated carbocycles. The fourth-order valence-electron chi connectivity index (χ4n) is 20.0. The van der Waals surface area contributed by atoms with E-state index in [2.05, 4.69) is 396 Å². The van der Waals surface area contributed by atoms with Crippen molar-refractivity contribution >= 4 is 170 Å². The summed E-state index contributed by atoms with van der Waals surface area (Å²) in [5.41, 5.74) is 36.6. The number of hydrogen-bond donors (Lipinski definition) is 0. The summed E-state index contributed by atoms with van der Waals surface area (Å²) in [6.07, 6.45) is 0. The Labute approximate surface area is 726 Å². The van der Waals surface area contributed by atoms with Crippen LogP contribution in [0.5, 0.6) is 0 Å². The second-order valence-electron chi connectivity index (χ2n) is 33.8. The van der Waals surface area contributed by atoms with E-state index in [0.29, 0.717) is 0 Å². The first kappa shape index (κ1) is 71.7. The van der Waals surface area contributed by atoms with Crippen LogP contribution in [0.25, 0.3) is 243 Å². The van der Waals surface area contributed by atoms with Crippen molar-refractivity contribution in [3.8, 4) is 73.0 Å². The molecule has 592 valence electrons. The van der Waals surface area contributed by atoms with Crippen molar-refractivity contribution < 1.29 is 0 Å². The topological polar surface area (TPSA) is 121 Å². The maximum atomic E-state index is 5.16. The molecule has 0 fully saturated rings. The highest BCUT2D eigenvalue weighted by Crippen LogP contribution is 2.51. The maximum Gasteiger partial charge on any atom is 0.147 e. The summed E-state index contributed by atoms with van der Waals surface area (Å²) in [4.78, 5) is 41.0. The summed E-state index contributed by atoms with van der Waals surface area (Å²) in [6, 6.07) is 141. The highest BCUT2D eigenvalue weighted by atomic mass is 15.1. The van der Waals surface area contributed by atoms with E-state index in [9.17, 15) is 0 Å². The molecule has 0 unspecified atom stereocenters. The Morgan fingerprint density at radius 1 is 0.205 bits per heavy atom. The lowest BCUT2D eigenvalue weighted by Gasteiger charge is -2.22. The van der Waals surface area contributed by atoms with Gasteiger partial charge in [0.2, 0.25) is 0 Å². The van der Waals surface area contributed by atoms with E-state index in [1.807, 2.05) is 36.4 Å². The smallest absolute Gasteiger partial charge is 0.147 e. The summed E-state index contributed by atoms with van der Waals surface area (Å²) in [5, 5.41) is 12.3. The van der Waals surface area contributed by atoms with E-state index in [1.54, 1.807) is 0 Å². The Morgan fingerprint density at radius 2 is 0.575 bits per heavy atom. The zero-order valence-electron chi connectivity index (χ0n) is 69.0. The van der Waals surface area contributed by atoms with Gasteiger partial charge >= 0.3 is 0 Å². The number of benzene rings is 16. The Hall–Kier alpha value is -17.0. The second kappa shape index (κ2) is 28.0. The quantitative estimate of drug-likeness (QED) is 0.119. The van der Waals surface area contributed by atoms with Gasteiger partial charge < -0.3 is 0 Å². The zero-order chi connectivity index (χ0) is 83.7. The molecule has 28 rings (SSSR count). The van der Waals surface area contributed by atoms with Crippen molar-refractivity contribution in [3.05, 3.63) is 412 Å². The molecule has 0 saturated heterocycles. The number of fused-ring (bicyclic) bond motifs is 32. The van der Waals surface area contributed by atoms with Crippen LogP contribution < -0.4 is 0 Å². The molecule has 0 N–H and O–H groups in total. The normalized spacial score (nSPS) is 12.6. The van der Waals surface area contributed by atoms with Gasteiger partial charge in [-0.1, -0.05) is 269 Å². The number of imidazole rings is 4. The number of rotatable bonds is 6.